The van der Waals surface area contributed by atoms with Crippen LogP contribution in [0, 0.1) is 11.6 Å². The number of para-hydroxylation sites is 1. The predicted molar refractivity (Wildman–Crippen MR) is 107 cm³/mol. The standard InChI is InChI=1S/C20H18N2O3S2/c1-12-7-8-25-11-14-10-20-18(24)21-15-6-4-3-5-13(15)9-19(21,26-27(20)2)17(23)22(20)16(12)14/h2-8,11-12,16,27H,9-10H2,1H3/t12-,16?,19+,20+/m0/s1. The third-order valence-corrected chi connectivity index (χ3v) is 11.1. The molecule has 138 valence electrons. The molecule has 0 radical (unpaired) electrons. The minimum Gasteiger partial charge on any atom is -0.473 e. The first-order valence-electron chi connectivity index (χ1n) is 9.02. The second-order valence-corrected chi connectivity index (χ2v) is 11.8. The van der Waals surface area contributed by atoms with Crippen molar-refractivity contribution in [1.82, 2.24) is 4.90 Å². The zero-order valence-corrected chi connectivity index (χ0v) is 16.4. The summed E-state index contributed by atoms with van der Waals surface area (Å²) in [5.74, 6) is 0.0591. The third kappa shape index (κ3) is 1.59. The van der Waals surface area contributed by atoms with E-state index >= 15 is 0 Å². The molecule has 4 fully saturated rings. The van der Waals surface area contributed by atoms with E-state index in [9.17, 15) is 9.59 Å². The topological polar surface area (TPSA) is 49.9 Å². The fraction of sp³-hybridized carbons (Fsp3) is 0.350. The Labute approximate surface area is 163 Å². The first-order chi connectivity index (χ1) is 13.0. The fourth-order valence-electron chi connectivity index (χ4n) is 5.28. The van der Waals surface area contributed by atoms with Crippen LogP contribution in [0.3, 0.4) is 0 Å². The van der Waals surface area contributed by atoms with Gasteiger partial charge >= 0.3 is 0 Å². The second kappa shape index (κ2) is 4.85. The van der Waals surface area contributed by atoms with E-state index in [0.717, 1.165) is 16.8 Å². The van der Waals surface area contributed by atoms with E-state index in [4.69, 9.17) is 10.4 Å². The van der Waals surface area contributed by atoms with Crippen LogP contribution in [0.2, 0.25) is 0 Å². The van der Waals surface area contributed by atoms with Gasteiger partial charge in [0.25, 0.3) is 11.8 Å². The molecule has 0 aromatic heterocycles. The number of nitrogens with zero attached hydrogens (tertiary/aromatic N) is 2. The first-order valence-corrected chi connectivity index (χ1v) is 11.9. The third-order valence-electron chi connectivity index (χ3n) is 6.42. The Morgan fingerprint density at radius 2 is 2.07 bits per heavy atom. The lowest BCUT2D eigenvalue weighted by atomic mass is 9.95. The minimum absolute atomic E-state index is 0.0167. The SMILES string of the molecule is C#[SH]1S[C@@]23Cc4ccccc4N2C(=O)[C@@]12CC1=COC=C[C@H](C)C1N2C3=O. The van der Waals surface area contributed by atoms with Crippen molar-refractivity contribution in [1.29, 1.82) is 0 Å². The van der Waals surface area contributed by atoms with E-state index in [1.54, 1.807) is 17.4 Å². The number of anilines is 1. The molecule has 1 aromatic carbocycles. The Morgan fingerprint density at radius 1 is 1.26 bits per heavy atom. The second-order valence-electron chi connectivity index (χ2n) is 7.78. The van der Waals surface area contributed by atoms with Gasteiger partial charge in [-0.05, 0) is 23.3 Å². The van der Waals surface area contributed by atoms with E-state index in [-0.39, 0.29) is 23.8 Å². The smallest absolute Gasteiger partial charge is 0.265 e. The van der Waals surface area contributed by atoms with Gasteiger partial charge in [-0.15, -0.1) is 15.0 Å². The number of piperazine rings is 1. The lowest BCUT2D eigenvalue weighted by molar-refractivity contribution is -0.149. The highest BCUT2D eigenvalue weighted by Crippen LogP contribution is 2.70. The zero-order chi connectivity index (χ0) is 18.6. The number of ether oxygens (including phenoxy) is 1. The van der Waals surface area contributed by atoms with Crippen molar-refractivity contribution in [2.75, 3.05) is 4.90 Å². The summed E-state index contributed by atoms with van der Waals surface area (Å²) in [7, 11) is 0.281. The first kappa shape index (κ1) is 15.9. The van der Waals surface area contributed by atoms with Crippen molar-refractivity contribution < 1.29 is 14.3 Å². The minimum atomic E-state index is -1.23. The summed E-state index contributed by atoms with van der Waals surface area (Å²) in [6, 6.07) is 7.66. The van der Waals surface area contributed by atoms with Gasteiger partial charge < -0.3 is 9.64 Å². The molecule has 4 saturated heterocycles. The van der Waals surface area contributed by atoms with Crippen molar-refractivity contribution in [3.63, 3.8) is 0 Å². The molecule has 2 amide bonds. The van der Waals surface area contributed by atoms with Gasteiger partial charge in [0, 0.05) is 24.4 Å². The van der Waals surface area contributed by atoms with Crippen LogP contribution in [-0.4, -0.2) is 32.5 Å². The molecular formula is C20H18N2O3S2. The predicted octanol–water partition coefficient (Wildman–Crippen LogP) is 2.90. The molecule has 0 N–H and O–H groups in total. The maximum absolute atomic E-state index is 13.9. The van der Waals surface area contributed by atoms with E-state index in [0.29, 0.717) is 12.8 Å². The molecule has 0 aliphatic carbocycles. The number of carbonyl (C=O) groups is 2. The number of hydrogen-bond acceptors (Lipinski definition) is 4. The monoisotopic (exact) mass is 398 g/mol. The van der Waals surface area contributed by atoms with E-state index in [1.165, 1.54) is 10.8 Å². The molecule has 5 atom stereocenters. The summed E-state index contributed by atoms with van der Waals surface area (Å²) >= 11 is 0. The lowest BCUT2D eigenvalue weighted by Crippen LogP contribution is -2.76. The molecule has 2 bridgehead atoms. The average molecular weight is 399 g/mol. The number of amides is 2. The van der Waals surface area contributed by atoms with Crippen molar-refractivity contribution >= 4 is 37.6 Å². The fourth-order valence-corrected chi connectivity index (χ4v) is 10.3. The lowest BCUT2D eigenvalue weighted by Gasteiger charge is -2.59. The Balaban J connectivity index is 1.61. The van der Waals surface area contributed by atoms with Gasteiger partial charge in [-0.1, -0.05) is 35.9 Å². The molecule has 6 aliphatic rings. The maximum atomic E-state index is 13.9. The summed E-state index contributed by atoms with van der Waals surface area (Å²) in [5.41, 5.74) is 9.56. The van der Waals surface area contributed by atoms with Gasteiger partial charge in [0.1, 0.15) is 0 Å². The summed E-state index contributed by atoms with van der Waals surface area (Å²) in [4.78, 5) is 29.5. The summed E-state index contributed by atoms with van der Waals surface area (Å²) in [6.07, 6.45) is 6.30. The number of rotatable bonds is 0. The van der Waals surface area contributed by atoms with Crippen molar-refractivity contribution in [3.8, 4) is 5.69 Å². The molecule has 27 heavy (non-hydrogen) atoms. The number of thiol groups is 1. The van der Waals surface area contributed by atoms with Crippen LogP contribution < -0.4 is 4.90 Å². The quantitative estimate of drug-likeness (QED) is 0.539. The number of hydrogen-bond donors (Lipinski definition) is 1. The summed E-state index contributed by atoms with van der Waals surface area (Å²) < 4.78 is 5.50. The van der Waals surface area contributed by atoms with Gasteiger partial charge in [0.2, 0.25) is 0 Å². The normalized spacial score (nSPS) is 40.7. The molecule has 6 heterocycles. The van der Waals surface area contributed by atoms with E-state index < -0.39 is 19.1 Å². The van der Waals surface area contributed by atoms with Crippen molar-refractivity contribution in [2.45, 2.75) is 35.5 Å². The zero-order valence-electron chi connectivity index (χ0n) is 14.7. The van der Waals surface area contributed by atoms with Crippen LogP contribution in [0.4, 0.5) is 5.69 Å². The van der Waals surface area contributed by atoms with Crippen LogP contribution in [0.15, 0.2) is 48.4 Å². The van der Waals surface area contributed by atoms with Gasteiger partial charge in [-0.25, -0.2) is 0 Å². The Morgan fingerprint density at radius 3 is 2.93 bits per heavy atom. The van der Waals surface area contributed by atoms with Crippen LogP contribution in [0.5, 0.6) is 0 Å². The molecule has 7 heteroatoms. The largest absolute Gasteiger partial charge is 0.473 e. The average Bonchev–Trinajstić information content (AvgIpc) is 3.11. The number of fused-ring (bicyclic) bond motifs is 3. The molecule has 5 nitrogen and oxygen atoms in total. The van der Waals surface area contributed by atoms with Crippen LogP contribution in [0.25, 0.3) is 0 Å². The van der Waals surface area contributed by atoms with Crippen LogP contribution >= 0.6 is 20.1 Å². The Bertz CT molecular complexity index is 1070. The Hall–Kier alpha value is -2.08. The van der Waals surface area contributed by atoms with Crippen molar-refractivity contribution in [2.24, 2.45) is 5.92 Å². The van der Waals surface area contributed by atoms with E-state index in [2.05, 4.69) is 6.92 Å². The molecule has 6 aliphatic heterocycles. The van der Waals surface area contributed by atoms with Crippen LogP contribution in [-0.2, 0) is 20.7 Å². The van der Waals surface area contributed by atoms with Gasteiger partial charge in [0.15, 0.2) is 9.74 Å². The van der Waals surface area contributed by atoms with Crippen molar-refractivity contribution in [3.05, 3.63) is 54.0 Å². The van der Waals surface area contributed by atoms with E-state index in [1.807, 2.05) is 35.2 Å². The van der Waals surface area contributed by atoms with Gasteiger partial charge in [0.05, 0.1) is 18.6 Å². The van der Waals surface area contributed by atoms with Gasteiger partial charge in [-0.2, -0.15) is 0 Å². The Kier molecular flexibility index (Phi) is 2.86. The molecule has 7 rings (SSSR count). The summed E-state index contributed by atoms with van der Waals surface area (Å²) in [6.45, 7) is 2.06. The molecule has 2 spiro atoms. The molecule has 0 saturated carbocycles. The summed E-state index contributed by atoms with van der Waals surface area (Å²) in [5, 5.41) is 0. The van der Waals surface area contributed by atoms with Crippen LogP contribution in [0.1, 0.15) is 18.9 Å². The maximum Gasteiger partial charge on any atom is 0.265 e. The highest BCUT2D eigenvalue weighted by Gasteiger charge is 2.75. The number of benzene rings is 1. The highest BCUT2D eigenvalue weighted by molar-refractivity contribution is 8.81. The number of carbonyl (C=O) groups excluding carboxylic acids is 2. The van der Waals surface area contributed by atoms with Gasteiger partial charge in [-0.3, -0.25) is 14.5 Å². The highest BCUT2D eigenvalue weighted by atomic mass is 33.1. The molecule has 1 aromatic rings. The molecular weight excluding hydrogens is 380 g/mol. The molecule has 2 unspecified atom stereocenters.